The number of aryl methyl sites for hydroxylation is 1. The summed E-state index contributed by atoms with van der Waals surface area (Å²) in [6.45, 7) is 4.30. The van der Waals surface area contributed by atoms with E-state index in [0.29, 0.717) is 34.5 Å². The fraction of sp³-hybridized carbons (Fsp3) is 0.400. The van der Waals surface area contributed by atoms with Crippen molar-refractivity contribution in [3.8, 4) is 0 Å². The number of carbonyl (C=O) groups excluding carboxylic acids is 3. The van der Waals surface area contributed by atoms with Crippen molar-refractivity contribution in [2.45, 2.75) is 39.5 Å². The van der Waals surface area contributed by atoms with E-state index in [1.54, 1.807) is 13.0 Å². The van der Waals surface area contributed by atoms with Gasteiger partial charge in [-0.05, 0) is 44.5 Å². The molecule has 0 atom stereocenters. The number of thiazole rings is 1. The Morgan fingerprint density at radius 1 is 1.07 bits per heavy atom. The van der Waals surface area contributed by atoms with Gasteiger partial charge in [-0.3, -0.25) is 19.7 Å². The summed E-state index contributed by atoms with van der Waals surface area (Å²) in [6.07, 6.45) is 3.87. The molecule has 0 unspecified atom stereocenters. The first-order valence-electron chi connectivity index (χ1n) is 9.76. The fourth-order valence-electron chi connectivity index (χ4n) is 2.73. The molecule has 0 radical (unpaired) electrons. The van der Waals surface area contributed by atoms with Crippen LogP contribution < -0.4 is 27.4 Å². The molecule has 2 rings (SSSR count). The number of anilines is 3. The largest absolute Gasteiger partial charge is 0.389 e. The zero-order valence-corrected chi connectivity index (χ0v) is 18.0. The molecular formula is C20H28N6O3S. The standard InChI is InChI=1S/C20H28N6O3S/c1-12-17(22)30-20(24-12)26-19(29)15-8-7-14(11-16(15)25-13(2)27)18(28)23-10-6-4-3-5-9-21/h7-8,11H,3-6,9-10,21-22H2,1-2H3,(H,23,28)(H,25,27)(H,24,26,29). The van der Waals surface area contributed by atoms with E-state index in [0.717, 1.165) is 37.0 Å². The Bertz CT molecular complexity index is 892. The molecule has 10 heteroatoms. The number of unbranched alkanes of at least 4 members (excludes halogenated alkanes) is 3. The van der Waals surface area contributed by atoms with Gasteiger partial charge in [-0.25, -0.2) is 4.98 Å². The molecule has 0 aliphatic rings. The molecule has 1 aromatic carbocycles. The van der Waals surface area contributed by atoms with Crippen molar-refractivity contribution in [3.63, 3.8) is 0 Å². The number of rotatable bonds is 10. The van der Waals surface area contributed by atoms with Gasteiger partial charge in [-0.1, -0.05) is 24.2 Å². The maximum absolute atomic E-state index is 12.7. The molecule has 0 spiro atoms. The van der Waals surface area contributed by atoms with Crippen LogP contribution in [0.25, 0.3) is 0 Å². The van der Waals surface area contributed by atoms with E-state index < -0.39 is 5.91 Å². The van der Waals surface area contributed by atoms with Gasteiger partial charge in [0.1, 0.15) is 5.00 Å². The van der Waals surface area contributed by atoms with Crippen LogP contribution in [0.2, 0.25) is 0 Å². The third-order valence-corrected chi connectivity index (χ3v) is 5.21. The summed E-state index contributed by atoms with van der Waals surface area (Å²) in [7, 11) is 0. The quantitative estimate of drug-likeness (QED) is 0.364. The van der Waals surface area contributed by atoms with Crippen LogP contribution in [0.1, 0.15) is 59.0 Å². The van der Waals surface area contributed by atoms with Crippen molar-refractivity contribution in [2.75, 3.05) is 29.5 Å². The van der Waals surface area contributed by atoms with E-state index in [1.165, 1.54) is 19.1 Å². The molecule has 1 aromatic heterocycles. The monoisotopic (exact) mass is 432 g/mol. The first-order chi connectivity index (χ1) is 14.3. The molecule has 0 saturated heterocycles. The number of aromatic nitrogens is 1. The van der Waals surface area contributed by atoms with E-state index in [9.17, 15) is 14.4 Å². The van der Waals surface area contributed by atoms with E-state index in [1.807, 2.05) is 0 Å². The molecule has 162 valence electrons. The molecule has 7 N–H and O–H groups in total. The van der Waals surface area contributed by atoms with Gasteiger partial charge in [0, 0.05) is 19.0 Å². The molecule has 0 saturated carbocycles. The fourth-order valence-corrected chi connectivity index (χ4v) is 3.46. The lowest BCUT2D eigenvalue weighted by Gasteiger charge is -2.12. The van der Waals surface area contributed by atoms with E-state index in [2.05, 4.69) is 20.9 Å². The second-order valence-corrected chi connectivity index (χ2v) is 7.85. The minimum Gasteiger partial charge on any atom is -0.389 e. The SMILES string of the molecule is CC(=O)Nc1cc(C(=O)NCCCCCCN)ccc1C(=O)Nc1nc(C)c(N)s1. The Morgan fingerprint density at radius 3 is 2.43 bits per heavy atom. The highest BCUT2D eigenvalue weighted by molar-refractivity contribution is 7.19. The normalized spacial score (nSPS) is 10.5. The Labute approximate surface area is 179 Å². The van der Waals surface area contributed by atoms with Crippen LogP contribution in [0.5, 0.6) is 0 Å². The van der Waals surface area contributed by atoms with Gasteiger partial charge in [0.15, 0.2) is 5.13 Å². The zero-order chi connectivity index (χ0) is 22.1. The number of nitrogens with two attached hydrogens (primary N) is 2. The molecular weight excluding hydrogens is 404 g/mol. The number of nitrogens with one attached hydrogen (secondary N) is 3. The van der Waals surface area contributed by atoms with E-state index in [-0.39, 0.29) is 23.1 Å². The summed E-state index contributed by atoms with van der Waals surface area (Å²) in [5.74, 6) is -1.08. The summed E-state index contributed by atoms with van der Waals surface area (Å²) in [6, 6.07) is 4.54. The third-order valence-electron chi connectivity index (χ3n) is 4.31. The first-order valence-corrected chi connectivity index (χ1v) is 10.6. The van der Waals surface area contributed by atoms with Crippen molar-refractivity contribution in [3.05, 3.63) is 35.0 Å². The van der Waals surface area contributed by atoms with E-state index >= 15 is 0 Å². The summed E-state index contributed by atoms with van der Waals surface area (Å²) >= 11 is 1.16. The molecule has 30 heavy (non-hydrogen) atoms. The molecule has 0 bridgehead atoms. The third kappa shape index (κ3) is 6.82. The predicted octanol–water partition coefficient (Wildman–Crippen LogP) is 2.49. The van der Waals surface area contributed by atoms with Crippen LogP contribution >= 0.6 is 11.3 Å². The lowest BCUT2D eigenvalue weighted by molar-refractivity contribution is -0.114. The highest BCUT2D eigenvalue weighted by Crippen LogP contribution is 2.26. The van der Waals surface area contributed by atoms with E-state index in [4.69, 9.17) is 11.5 Å². The molecule has 1 heterocycles. The van der Waals surface area contributed by atoms with Gasteiger partial charge >= 0.3 is 0 Å². The molecule has 0 fully saturated rings. The van der Waals surface area contributed by atoms with Crippen LogP contribution in [0.15, 0.2) is 18.2 Å². The number of carbonyl (C=O) groups is 3. The van der Waals surface area contributed by atoms with Gasteiger partial charge < -0.3 is 22.1 Å². The molecule has 0 aliphatic carbocycles. The maximum atomic E-state index is 12.7. The van der Waals surface area contributed by atoms with Crippen LogP contribution in [-0.4, -0.2) is 35.8 Å². The van der Waals surface area contributed by atoms with Gasteiger partial charge in [0.05, 0.1) is 16.9 Å². The number of nitrogens with zero attached hydrogens (tertiary/aromatic N) is 1. The topological polar surface area (TPSA) is 152 Å². The van der Waals surface area contributed by atoms with Gasteiger partial charge in [-0.2, -0.15) is 0 Å². The van der Waals surface area contributed by atoms with Crippen LogP contribution in [-0.2, 0) is 4.79 Å². The van der Waals surface area contributed by atoms with Crippen molar-refractivity contribution in [1.82, 2.24) is 10.3 Å². The number of hydrogen-bond donors (Lipinski definition) is 5. The Morgan fingerprint density at radius 2 is 1.80 bits per heavy atom. The summed E-state index contributed by atoms with van der Waals surface area (Å²) in [5.41, 5.74) is 12.7. The number of nitrogen functional groups attached to an aromatic ring is 1. The predicted molar refractivity (Wildman–Crippen MR) is 120 cm³/mol. The number of hydrogen-bond acceptors (Lipinski definition) is 7. The van der Waals surface area contributed by atoms with Gasteiger partial charge in [-0.15, -0.1) is 0 Å². The first kappa shape index (κ1) is 23.3. The van der Waals surface area contributed by atoms with Crippen molar-refractivity contribution >= 4 is 44.9 Å². The highest BCUT2D eigenvalue weighted by Gasteiger charge is 2.17. The summed E-state index contributed by atoms with van der Waals surface area (Å²) < 4.78 is 0. The number of benzene rings is 1. The summed E-state index contributed by atoms with van der Waals surface area (Å²) in [4.78, 5) is 40.9. The maximum Gasteiger partial charge on any atom is 0.259 e. The zero-order valence-electron chi connectivity index (χ0n) is 17.2. The van der Waals surface area contributed by atoms with Crippen LogP contribution in [0.3, 0.4) is 0 Å². The molecule has 3 amide bonds. The van der Waals surface area contributed by atoms with Crippen molar-refractivity contribution in [1.29, 1.82) is 0 Å². The lowest BCUT2D eigenvalue weighted by atomic mass is 10.1. The van der Waals surface area contributed by atoms with Crippen LogP contribution in [0, 0.1) is 6.92 Å². The Kier molecular flexibility index (Phi) is 8.75. The van der Waals surface area contributed by atoms with Gasteiger partial charge in [0.2, 0.25) is 5.91 Å². The second kappa shape index (κ2) is 11.3. The van der Waals surface area contributed by atoms with Crippen LogP contribution in [0.4, 0.5) is 15.8 Å². The van der Waals surface area contributed by atoms with Crippen molar-refractivity contribution < 1.29 is 14.4 Å². The molecule has 9 nitrogen and oxygen atoms in total. The molecule has 0 aliphatic heterocycles. The molecule has 2 aromatic rings. The minimum absolute atomic E-state index is 0.218. The average Bonchev–Trinajstić information content (AvgIpc) is 3.00. The lowest BCUT2D eigenvalue weighted by Crippen LogP contribution is -2.25. The average molecular weight is 433 g/mol. The Hall–Kier alpha value is -2.98. The minimum atomic E-state index is -0.459. The highest BCUT2D eigenvalue weighted by atomic mass is 32.1. The number of amides is 3. The summed E-state index contributed by atoms with van der Waals surface area (Å²) in [5, 5.41) is 9.00. The smallest absolute Gasteiger partial charge is 0.259 e. The Balaban J connectivity index is 2.09. The second-order valence-electron chi connectivity index (χ2n) is 6.82. The van der Waals surface area contributed by atoms with Gasteiger partial charge in [0.25, 0.3) is 11.8 Å². The van der Waals surface area contributed by atoms with Crippen molar-refractivity contribution in [2.24, 2.45) is 5.73 Å².